The molecule has 114 valence electrons. The number of fused-ring (bicyclic) bond motifs is 1. The molecule has 22 heavy (non-hydrogen) atoms. The lowest BCUT2D eigenvalue weighted by atomic mass is 10.1. The summed E-state index contributed by atoms with van der Waals surface area (Å²) in [5.41, 5.74) is 9.52. The average molecular weight is 297 g/mol. The number of para-hydroxylation sites is 2. The Balaban J connectivity index is 2.14. The molecule has 3 aromatic rings. The van der Waals surface area contributed by atoms with Gasteiger partial charge in [-0.2, -0.15) is 0 Å². The summed E-state index contributed by atoms with van der Waals surface area (Å²) in [4.78, 5) is 4.72. The van der Waals surface area contributed by atoms with Crippen LogP contribution in [0.1, 0.15) is 6.42 Å². The van der Waals surface area contributed by atoms with Crippen molar-refractivity contribution in [3.63, 3.8) is 0 Å². The van der Waals surface area contributed by atoms with Gasteiger partial charge in [-0.15, -0.1) is 0 Å². The lowest BCUT2D eigenvalue weighted by molar-refractivity contribution is 0.281. The molecule has 0 amide bonds. The molecule has 2 aromatic carbocycles. The van der Waals surface area contributed by atoms with Crippen molar-refractivity contribution < 1.29 is 9.84 Å². The fourth-order valence-corrected chi connectivity index (χ4v) is 2.62. The molecule has 3 N–H and O–H groups in total. The van der Waals surface area contributed by atoms with Crippen LogP contribution in [0.3, 0.4) is 0 Å². The number of aliphatic hydroxyl groups is 1. The van der Waals surface area contributed by atoms with Crippen molar-refractivity contribution >= 4 is 16.7 Å². The van der Waals surface area contributed by atoms with Crippen LogP contribution in [-0.2, 0) is 6.54 Å². The molecule has 0 saturated carbocycles. The zero-order valence-corrected chi connectivity index (χ0v) is 12.5. The number of aryl methyl sites for hydroxylation is 1. The molecule has 0 aliphatic rings. The van der Waals surface area contributed by atoms with Gasteiger partial charge < -0.3 is 20.1 Å². The SMILES string of the molecule is COc1ccc(-c2nc3ccccc3n2CCCO)cc1N. The maximum absolute atomic E-state index is 9.14. The highest BCUT2D eigenvalue weighted by Crippen LogP contribution is 2.30. The predicted molar refractivity (Wildman–Crippen MR) is 87.8 cm³/mol. The second-order valence-electron chi connectivity index (χ2n) is 5.11. The summed E-state index contributed by atoms with van der Waals surface area (Å²) in [6, 6.07) is 13.7. The normalized spacial score (nSPS) is 11.0. The number of nitrogen functional groups attached to an aromatic ring is 1. The van der Waals surface area contributed by atoms with E-state index in [0.717, 1.165) is 22.4 Å². The molecule has 5 nitrogen and oxygen atoms in total. The summed E-state index contributed by atoms with van der Waals surface area (Å²) in [6.45, 7) is 0.856. The van der Waals surface area contributed by atoms with Crippen molar-refractivity contribution in [2.24, 2.45) is 0 Å². The summed E-state index contributed by atoms with van der Waals surface area (Å²) in [5.74, 6) is 1.51. The third-order valence-electron chi connectivity index (χ3n) is 3.68. The Bertz CT molecular complexity index is 796. The summed E-state index contributed by atoms with van der Waals surface area (Å²) in [6.07, 6.45) is 0.680. The minimum Gasteiger partial charge on any atom is -0.495 e. The Morgan fingerprint density at radius 2 is 2.05 bits per heavy atom. The number of hydrogen-bond acceptors (Lipinski definition) is 4. The molecule has 0 saturated heterocycles. The maximum atomic E-state index is 9.14. The molecule has 1 aromatic heterocycles. The topological polar surface area (TPSA) is 73.3 Å². The number of rotatable bonds is 5. The van der Waals surface area contributed by atoms with Gasteiger partial charge in [0, 0.05) is 18.7 Å². The van der Waals surface area contributed by atoms with E-state index in [1.54, 1.807) is 7.11 Å². The smallest absolute Gasteiger partial charge is 0.141 e. The summed E-state index contributed by atoms with van der Waals surface area (Å²) < 4.78 is 7.32. The Hall–Kier alpha value is -2.53. The van der Waals surface area contributed by atoms with Gasteiger partial charge >= 0.3 is 0 Å². The predicted octanol–water partition coefficient (Wildman–Crippen LogP) is 2.68. The van der Waals surface area contributed by atoms with Crippen LogP contribution in [0.5, 0.6) is 5.75 Å². The van der Waals surface area contributed by atoms with Crippen LogP contribution in [0.25, 0.3) is 22.4 Å². The average Bonchev–Trinajstić information content (AvgIpc) is 2.91. The third-order valence-corrected chi connectivity index (χ3v) is 3.68. The quantitative estimate of drug-likeness (QED) is 0.710. The number of anilines is 1. The van der Waals surface area contributed by atoms with Gasteiger partial charge in [-0.1, -0.05) is 12.1 Å². The molecule has 0 unspecified atom stereocenters. The maximum Gasteiger partial charge on any atom is 0.141 e. The molecule has 3 rings (SSSR count). The number of benzene rings is 2. The Morgan fingerprint density at radius 1 is 1.23 bits per heavy atom. The standard InChI is InChI=1S/C17H19N3O2/c1-22-16-8-7-12(11-13(16)18)17-19-14-5-2-3-6-15(14)20(17)9-4-10-21/h2-3,5-8,11,21H,4,9-10,18H2,1H3. The van der Waals surface area contributed by atoms with Crippen LogP contribution in [0, 0.1) is 0 Å². The third kappa shape index (κ3) is 2.51. The van der Waals surface area contributed by atoms with E-state index in [-0.39, 0.29) is 6.61 Å². The molecule has 0 aliphatic carbocycles. The van der Waals surface area contributed by atoms with E-state index in [2.05, 4.69) is 4.57 Å². The monoisotopic (exact) mass is 297 g/mol. The first kappa shape index (κ1) is 14.4. The minimum atomic E-state index is 0.150. The highest BCUT2D eigenvalue weighted by Gasteiger charge is 2.13. The Kier molecular flexibility index (Phi) is 3.98. The van der Waals surface area contributed by atoms with Crippen molar-refractivity contribution in [2.75, 3.05) is 19.5 Å². The number of aliphatic hydroxyl groups excluding tert-OH is 1. The summed E-state index contributed by atoms with van der Waals surface area (Å²) >= 11 is 0. The number of hydrogen-bond donors (Lipinski definition) is 2. The van der Waals surface area contributed by atoms with Crippen molar-refractivity contribution in [1.82, 2.24) is 9.55 Å². The van der Waals surface area contributed by atoms with Crippen LogP contribution in [0.4, 0.5) is 5.69 Å². The zero-order valence-electron chi connectivity index (χ0n) is 12.5. The lowest BCUT2D eigenvalue weighted by Crippen LogP contribution is -2.03. The van der Waals surface area contributed by atoms with Gasteiger partial charge in [-0.3, -0.25) is 0 Å². The van der Waals surface area contributed by atoms with E-state index < -0.39 is 0 Å². The van der Waals surface area contributed by atoms with E-state index in [4.69, 9.17) is 20.6 Å². The number of nitrogens with zero attached hydrogens (tertiary/aromatic N) is 2. The van der Waals surface area contributed by atoms with Crippen molar-refractivity contribution in [2.45, 2.75) is 13.0 Å². The number of imidazole rings is 1. The van der Waals surface area contributed by atoms with Crippen molar-refractivity contribution in [3.8, 4) is 17.1 Å². The van der Waals surface area contributed by atoms with Crippen LogP contribution in [0.15, 0.2) is 42.5 Å². The van der Waals surface area contributed by atoms with E-state index in [1.807, 2.05) is 42.5 Å². The van der Waals surface area contributed by atoms with Gasteiger partial charge in [0.15, 0.2) is 0 Å². The molecule has 0 radical (unpaired) electrons. The van der Waals surface area contributed by atoms with Gasteiger partial charge in [-0.25, -0.2) is 4.98 Å². The van der Waals surface area contributed by atoms with E-state index in [0.29, 0.717) is 24.4 Å². The Labute approximate surface area is 129 Å². The molecule has 5 heteroatoms. The molecular weight excluding hydrogens is 278 g/mol. The molecule has 0 fully saturated rings. The van der Waals surface area contributed by atoms with Crippen molar-refractivity contribution in [1.29, 1.82) is 0 Å². The molecular formula is C17H19N3O2. The molecule has 1 heterocycles. The second kappa shape index (κ2) is 6.07. The van der Waals surface area contributed by atoms with Crippen LogP contribution in [-0.4, -0.2) is 28.4 Å². The number of aromatic nitrogens is 2. The van der Waals surface area contributed by atoms with E-state index in [9.17, 15) is 0 Å². The van der Waals surface area contributed by atoms with E-state index in [1.165, 1.54) is 0 Å². The number of methoxy groups -OCH3 is 1. The van der Waals surface area contributed by atoms with Gasteiger partial charge in [0.1, 0.15) is 11.6 Å². The lowest BCUT2D eigenvalue weighted by Gasteiger charge is -2.10. The highest BCUT2D eigenvalue weighted by atomic mass is 16.5. The van der Waals surface area contributed by atoms with Crippen LogP contribution < -0.4 is 10.5 Å². The summed E-state index contributed by atoms with van der Waals surface area (Å²) in [7, 11) is 1.60. The molecule has 0 atom stereocenters. The fraction of sp³-hybridized carbons (Fsp3) is 0.235. The van der Waals surface area contributed by atoms with Gasteiger partial charge in [0.05, 0.1) is 23.8 Å². The van der Waals surface area contributed by atoms with Gasteiger partial charge in [0.2, 0.25) is 0 Å². The number of nitrogens with two attached hydrogens (primary N) is 1. The first-order chi connectivity index (χ1) is 10.7. The van der Waals surface area contributed by atoms with Gasteiger partial charge in [-0.05, 0) is 36.8 Å². The van der Waals surface area contributed by atoms with Crippen LogP contribution >= 0.6 is 0 Å². The first-order valence-electron chi connectivity index (χ1n) is 7.24. The fourth-order valence-electron chi connectivity index (χ4n) is 2.62. The highest BCUT2D eigenvalue weighted by molar-refractivity contribution is 5.81. The van der Waals surface area contributed by atoms with Crippen molar-refractivity contribution in [3.05, 3.63) is 42.5 Å². The number of ether oxygens (including phenoxy) is 1. The largest absolute Gasteiger partial charge is 0.495 e. The molecule has 0 aliphatic heterocycles. The van der Waals surface area contributed by atoms with Gasteiger partial charge in [0.25, 0.3) is 0 Å². The minimum absolute atomic E-state index is 0.150. The molecule has 0 bridgehead atoms. The van der Waals surface area contributed by atoms with Crippen LogP contribution in [0.2, 0.25) is 0 Å². The van der Waals surface area contributed by atoms with E-state index >= 15 is 0 Å². The second-order valence-corrected chi connectivity index (χ2v) is 5.11. The Morgan fingerprint density at radius 3 is 2.77 bits per heavy atom. The summed E-state index contributed by atoms with van der Waals surface area (Å²) in [5, 5.41) is 9.14. The zero-order chi connectivity index (χ0) is 15.5. The first-order valence-corrected chi connectivity index (χ1v) is 7.24. The molecule has 0 spiro atoms.